The lowest BCUT2D eigenvalue weighted by Gasteiger charge is -2.22. The molecule has 1 saturated carbocycles. The summed E-state index contributed by atoms with van der Waals surface area (Å²) in [5.41, 5.74) is 4.59. The molecule has 0 aliphatic heterocycles. The highest BCUT2D eigenvalue weighted by Gasteiger charge is 2.26. The van der Waals surface area contributed by atoms with Gasteiger partial charge in [0.15, 0.2) is 5.65 Å². The standard InChI is InChI=1S/C26H28N6O2/c1-16-23(28-14-13-27-16)24-22(26(34)31(2)3)25-29-20(15-21(33)32(25)30-24)19-11-9-18(10-12-19)17-7-5-4-6-8-17/h9-15,17,30H,4-8H2,1-3H3. The number of carbonyl (C=O) groups excluding carboxylic acids is 1. The highest BCUT2D eigenvalue weighted by atomic mass is 16.2. The van der Waals surface area contributed by atoms with E-state index < -0.39 is 0 Å². The van der Waals surface area contributed by atoms with Crippen molar-refractivity contribution in [2.75, 3.05) is 14.1 Å². The van der Waals surface area contributed by atoms with Gasteiger partial charge in [-0.15, -0.1) is 0 Å². The van der Waals surface area contributed by atoms with Gasteiger partial charge in [-0.2, -0.15) is 0 Å². The van der Waals surface area contributed by atoms with Crippen LogP contribution in [-0.4, -0.2) is 49.5 Å². The van der Waals surface area contributed by atoms with E-state index in [1.54, 1.807) is 26.5 Å². The Hall–Kier alpha value is -3.81. The first-order valence-corrected chi connectivity index (χ1v) is 11.7. The maximum absolute atomic E-state index is 13.2. The van der Waals surface area contributed by atoms with Gasteiger partial charge >= 0.3 is 0 Å². The minimum atomic E-state index is -0.294. The summed E-state index contributed by atoms with van der Waals surface area (Å²) in [5.74, 6) is 0.339. The van der Waals surface area contributed by atoms with E-state index in [-0.39, 0.29) is 17.1 Å². The maximum Gasteiger partial charge on any atom is 0.273 e. The molecule has 0 radical (unpaired) electrons. The van der Waals surface area contributed by atoms with Crippen molar-refractivity contribution in [3.63, 3.8) is 0 Å². The minimum absolute atomic E-state index is 0.268. The number of fused-ring (bicyclic) bond motifs is 1. The highest BCUT2D eigenvalue weighted by molar-refractivity contribution is 6.05. The molecule has 1 aliphatic carbocycles. The molecule has 1 N–H and O–H groups in total. The molecule has 8 heteroatoms. The zero-order valence-corrected chi connectivity index (χ0v) is 19.7. The fourth-order valence-electron chi connectivity index (χ4n) is 4.80. The molecule has 4 aromatic rings. The number of nitrogens with one attached hydrogen (secondary N) is 1. The van der Waals surface area contributed by atoms with E-state index in [0.29, 0.717) is 34.3 Å². The minimum Gasteiger partial charge on any atom is -0.345 e. The second-order valence-electron chi connectivity index (χ2n) is 9.15. The van der Waals surface area contributed by atoms with Crippen LogP contribution < -0.4 is 5.56 Å². The molecule has 34 heavy (non-hydrogen) atoms. The first-order valence-electron chi connectivity index (χ1n) is 11.7. The Kier molecular flexibility index (Phi) is 5.73. The van der Waals surface area contributed by atoms with Crippen LogP contribution in [0, 0.1) is 6.92 Å². The smallest absolute Gasteiger partial charge is 0.273 e. The predicted octanol–water partition coefficient (Wildman–Crippen LogP) is 4.20. The Morgan fingerprint density at radius 1 is 1.06 bits per heavy atom. The molecular weight excluding hydrogens is 428 g/mol. The first kappa shape index (κ1) is 22.0. The Labute approximate surface area is 197 Å². The third-order valence-corrected chi connectivity index (χ3v) is 6.64. The van der Waals surface area contributed by atoms with Crippen molar-refractivity contribution < 1.29 is 4.79 Å². The SMILES string of the molecule is Cc1nccnc1-c1[nH]n2c(=O)cc(-c3ccc(C4CCCCC4)cc3)nc2c1C(=O)N(C)C. The van der Waals surface area contributed by atoms with Crippen molar-refractivity contribution >= 4 is 11.6 Å². The van der Waals surface area contributed by atoms with Crippen LogP contribution >= 0.6 is 0 Å². The fourth-order valence-corrected chi connectivity index (χ4v) is 4.80. The summed E-state index contributed by atoms with van der Waals surface area (Å²) in [6, 6.07) is 9.83. The second-order valence-corrected chi connectivity index (χ2v) is 9.15. The molecule has 0 bridgehead atoms. The van der Waals surface area contributed by atoms with Gasteiger partial charge in [0, 0.05) is 38.1 Å². The van der Waals surface area contributed by atoms with Gasteiger partial charge in [-0.05, 0) is 31.2 Å². The van der Waals surface area contributed by atoms with Crippen LogP contribution in [0.3, 0.4) is 0 Å². The molecule has 174 valence electrons. The quantitative estimate of drug-likeness (QED) is 0.496. The van der Waals surface area contributed by atoms with E-state index in [0.717, 1.165) is 5.56 Å². The van der Waals surface area contributed by atoms with E-state index in [1.807, 2.05) is 19.1 Å². The molecule has 1 aliphatic rings. The van der Waals surface area contributed by atoms with E-state index in [1.165, 1.54) is 53.1 Å². The van der Waals surface area contributed by atoms with Crippen molar-refractivity contribution in [3.8, 4) is 22.6 Å². The zero-order chi connectivity index (χ0) is 23.8. The monoisotopic (exact) mass is 456 g/mol. The summed E-state index contributed by atoms with van der Waals surface area (Å²) in [5, 5.41) is 3.05. The molecule has 5 rings (SSSR count). The van der Waals surface area contributed by atoms with Gasteiger partial charge < -0.3 is 4.90 Å². The van der Waals surface area contributed by atoms with Gasteiger partial charge in [0.05, 0.1) is 17.1 Å². The highest BCUT2D eigenvalue weighted by Crippen LogP contribution is 2.33. The van der Waals surface area contributed by atoms with Gasteiger partial charge in [-0.3, -0.25) is 24.7 Å². The molecule has 1 aromatic carbocycles. The van der Waals surface area contributed by atoms with Crippen molar-refractivity contribution in [1.29, 1.82) is 0 Å². The second kappa shape index (κ2) is 8.85. The molecule has 0 spiro atoms. The van der Waals surface area contributed by atoms with Crippen molar-refractivity contribution in [1.82, 2.24) is 29.5 Å². The zero-order valence-electron chi connectivity index (χ0n) is 19.7. The molecule has 0 unspecified atom stereocenters. The number of aromatic nitrogens is 5. The van der Waals surface area contributed by atoms with Crippen LogP contribution in [0.1, 0.15) is 59.6 Å². The summed E-state index contributed by atoms with van der Waals surface area (Å²) in [7, 11) is 3.34. The van der Waals surface area contributed by atoms with Gasteiger partial charge in [0.25, 0.3) is 11.5 Å². The number of amides is 1. The lowest BCUT2D eigenvalue weighted by Crippen LogP contribution is -2.23. The molecule has 8 nitrogen and oxygen atoms in total. The van der Waals surface area contributed by atoms with Crippen molar-refractivity contribution in [2.45, 2.75) is 44.9 Å². The van der Waals surface area contributed by atoms with Crippen LogP contribution in [0.5, 0.6) is 0 Å². The normalized spacial score (nSPS) is 14.4. The molecular formula is C26H28N6O2. The molecule has 0 saturated heterocycles. The molecule has 3 aromatic heterocycles. The average Bonchev–Trinajstić information content (AvgIpc) is 3.24. The Balaban J connectivity index is 1.64. The first-order chi connectivity index (χ1) is 16.4. The molecule has 0 atom stereocenters. The summed E-state index contributed by atoms with van der Waals surface area (Å²) in [6.07, 6.45) is 9.50. The average molecular weight is 457 g/mol. The number of aromatic amines is 1. The maximum atomic E-state index is 13.2. The third-order valence-electron chi connectivity index (χ3n) is 6.64. The van der Waals surface area contributed by atoms with Crippen LogP contribution in [0.2, 0.25) is 0 Å². The summed E-state index contributed by atoms with van der Waals surface area (Å²) < 4.78 is 1.31. The number of hydrogen-bond acceptors (Lipinski definition) is 5. The van der Waals surface area contributed by atoms with E-state index in [9.17, 15) is 9.59 Å². The lowest BCUT2D eigenvalue weighted by molar-refractivity contribution is 0.0830. The van der Waals surface area contributed by atoms with E-state index >= 15 is 0 Å². The molecule has 1 amide bonds. The van der Waals surface area contributed by atoms with Crippen LogP contribution in [0.4, 0.5) is 0 Å². The number of aryl methyl sites for hydroxylation is 1. The Morgan fingerprint density at radius 3 is 2.44 bits per heavy atom. The Bertz CT molecular complexity index is 1410. The van der Waals surface area contributed by atoms with Crippen LogP contribution in [0.25, 0.3) is 28.3 Å². The van der Waals surface area contributed by atoms with Gasteiger partial charge in [0.1, 0.15) is 11.3 Å². The Morgan fingerprint density at radius 2 is 1.76 bits per heavy atom. The van der Waals surface area contributed by atoms with Gasteiger partial charge in [-0.25, -0.2) is 9.50 Å². The number of hydrogen-bond donors (Lipinski definition) is 1. The van der Waals surface area contributed by atoms with Crippen LogP contribution in [0.15, 0.2) is 47.5 Å². The van der Waals surface area contributed by atoms with Crippen molar-refractivity contribution in [3.05, 3.63) is 69.9 Å². The largest absolute Gasteiger partial charge is 0.345 e. The van der Waals surface area contributed by atoms with Crippen molar-refractivity contribution in [2.24, 2.45) is 0 Å². The van der Waals surface area contributed by atoms with E-state index in [2.05, 4.69) is 27.2 Å². The fraction of sp³-hybridized carbons (Fsp3) is 0.346. The number of benzene rings is 1. The third kappa shape index (κ3) is 3.89. The van der Waals surface area contributed by atoms with Gasteiger partial charge in [-0.1, -0.05) is 43.5 Å². The molecule has 3 heterocycles. The topological polar surface area (TPSA) is 96.2 Å². The predicted molar refractivity (Wildman–Crippen MR) is 131 cm³/mol. The number of nitrogens with zero attached hydrogens (tertiary/aromatic N) is 5. The summed E-state index contributed by atoms with van der Waals surface area (Å²) in [6.45, 7) is 1.81. The van der Waals surface area contributed by atoms with E-state index in [4.69, 9.17) is 4.98 Å². The summed E-state index contributed by atoms with van der Waals surface area (Å²) >= 11 is 0. The van der Waals surface area contributed by atoms with Gasteiger partial charge in [0.2, 0.25) is 0 Å². The lowest BCUT2D eigenvalue weighted by atomic mass is 9.84. The van der Waals surface area contributed by atoms with Crippen LogP contribution in [-0.2, 0) is 0 Å². The number of H-pyrrole nitrogens is 1. The number of rotatable bonds is 4. The molecule has 1 fully saturated rings. The number of carbonyl (C=O) groups is 1. The summed E-state index contributed by atoms with van der Waals surface area (Å²) in [4.78, 5) is 41.2.